The Morgan fingerprint density at radius 3 is 2.73 bits per heavy atom. The van der Waals surface area contributed by atoms with Crippen LogP contribution in [0.2, 0.25) is 10.0 Å². The summed E-state index contributed by atoms with van der Waals surface area (Å²) < 4.78 is 5.47. The van der Waals surface area contributed by atoms with Crippen molar-refractivity contribution in [3.8, 4) is 0 Å². The quantitative estimate of drug-likeness (QED) is 0.303. The van der Waals surface area contributed by atoms with E-state index in [4.69, 9.17) is 27.9 Å². The van der Waals surface area contributed by atoms with Crippen LogP contribution in [0.25, 0.3) is 0 Å². The molecule has 0 atom stereocenters. The summed E-state index contributed by atoms with van der Waals surface area (Å²) in [7, 11) is 0. The SMILES string of the molecule is C=C/C=C(\C=C)OCCN1CC(C(=O)NCCCc2ccc(Cl)c(Cl)c2)=C(O)C1=O. The van der Waals surface area contributed by atoms with E-state index in [2.05, 4.69) is 18.5 Å². The van der Waals surface area contributed by atoms with Gasteiger partial charge in [0.25, 0.3) is 11.8 Å². The fraction of sp³-hybridized carbons (Fsp3) is 0.273. The number of hydrogen-bond acceptors (Lipinski definition) is 4. The molecule has 30 heavy (non-hydrogen) atoms. The van der Waals surface area contributed by atoms with Gasteiger partial charge in [0, 0.05) is 6.54 Å². The van der Waals surface area contributed by atoms with Crippen molar-refractivity contribution < 1.29 is 19.4 Å². The molecule has 0 aliphatic carbocycles. The van der Waals surface area contributed by atoms with E-state index in [1.54, 1.807) is 24.3 Å². The molecule has 1 heterocycles. The number of halogens is 2. The fourth-order valence-electron chi connectivity index (χ4n) is 2.84. The molecular weight excluding hydrogens is 427 g/mol. The Bertz CT molecular complexity index is 893. The molecule has 0 saturated heterocycles. The van der Waals surface area contributed by atoms with Gasteiger partial charge in [-0.2, -0.15) is 0 Å². The standard InChI is InChI=1S/C22H24Cl2N2O4/c1-3-6-16(4-2)30-12-11-26-14-17(20(27)22(26)29)21(28)25-10-5-7-15-8-9-18(23)19(24)13-15/h3-4,6,8-9,13,27H,1-2,5,7,10-12,14H2,(H,25,28)/b16-6+. The van der Waals surface area contributed by atoms with Crippen LogP contribution in [0.4, 0.5) is 0 Å². The molecule has 0 fully saturated rings. The van der Waals surface area contributed by atoms with Crippen LogP contribution in [-0.4, -0.2) is 48.1 Å². The van der Waals surface area contributed by atoms with Crippen molar-refractivity contribution in [1.82, 2.24) is 10.2 Å². The molecule has 0 unspecified atom stereocenters. The minimum absolute atomic E-state index is 0.0290. The molecule has 2 amide bonds. The summed E-state index contributed by atoms with van der Waals surface area (Å²) in [6.07, 6.45) is 6.11. The van der Waals surface area contributed by atoms with Crippen LogP contribution >= 0.6 is 23.2 Å². The highest BCUT2D eigenvalue weighted by atomic mass is 35.5. The Morgan fingerprint density at radius 1 is 1.30 bits per heavy atom. The number of nitrogens with zero attached hydrogens (tertiary/aromatic N) is 1. The molecule has 0 spiro atoms. The second kappa shape index (κ2) is 11.5. The number of rotatable bonds is 11. The van der Waals surface area contributed by atoms with Gasteiger partial charge in [-0.25, -0.2) is 0 Å². The largest absolute Gasteiger partial charge is 0.503 e. The van der Waals surface area contributed by atoms with E-state index in [-0.39, 0.29) is 25.3 Å². The average Bonchev–Trinajstić information content (AvgIpc) is 3.01. The van der Waals surface area contributed by atoms with Crippen LogP contribution in [-0.2, 0) is 20.7 Å². The Kier molecular flexibility index (Phi) is 9.02. The lowest BCUT2D eigenvalue weighted by Gasteiger charge is -2.16. The average molecular weight is 451 g/mol. The van der Waals surface area contributed by atoms with Crippen LogP contribution in [0, 0.1) is 0 Å². The first kappa shape index (κ1) is 23.6. The van der Waals surface area contributed by atoms with Gasteiger partial charge in [0.15, 0.2) is 5.76 Å². The third kappa shape index (κ3) is 6.40. The molecule has 0 bridgehead atoms. The van der Waals surface area contributed by atoms with Crippen molar-refractivity contribution in [2.45, 2.75) is 12.8 Å². The number of amides is 2. The van der Waals surface area contributed by atoms with Gasteiger partial charge in [-0.1, -0.05) is 48.5 Å². The second-order valence-corrected chi connectivity index (χ2v) is 7.33. The number of aliphatic hydroxyl groups excluding tert-OH is 1. The Labute approximate surface area is 186 Å². The van der Waals surface area contributed by atoms with Gasteiger partial charge in [-0.15, -0.1) is 0 Å². The first-order chi connectivity index (χ1) is 14.4. The van der Waals surface area contributed by atoms with Crippen molar-refractivity contribution in [3.63, 3.8) is 0 Å². The van der Waals surface area contributed by atoms with Gasteiger partial charge in [0.1, 0.15) is 12.4 Å². The number of aliphatic hydroxyl groups is 1. The first-order valence-corrected chi connectivity index (χ1v) is 10.1. The third-order valence-electron chi connectivity index (χ3n) is 4.42. The lowest BCUT2D eigenvalue weighted by atomic mass is 10.1. The van der Waals surface area contributed by atoms with Gasteiger partial charge in [-0.05, 0) is 42.7 Å². The predicted molar refractivity (Wildman–Crippen MR) is 118 cm³/mol. The van der Waals surface area contributed by atoms with E-state index in [0.717, 1.165) is 5.56 Å². The molecule has 0 saturated carbocycles. The van der Waals surface area contributed by atoms with Gasteiger partial charge in [-0.3, -0.25) is 9.59 Å². The molecule has 160 valence electrons. The summed E-state index contributed by atoms with van der Waals surface area (Å²) in [5, 5.41) is 13.8. The fourth-order valence-corrected chi connectivity index (χ4v) is 3.16. The first-order valence-electron chi connectivity index (χ1n) is 9.38. The van der Waals surface area contributed by atoms with Crippen LogP contribution < -0.4 is 5.32 Å². The molecular formula is C22H24Cl2N2O4. The second-order valence-electron chi connectivity index (χ2n) is 6.52. The summed E-state index contributed by atoms with van der Waals surface area (Å²) >= 11 is 11.9. The van der Waals surface area contributed by atoms with Crippen molar-refractivity contribution >= 4 is 35.0 Å². The van der Waals surface area contributed by atoms with Gasteiger partial charge in [0.05, 0.1) is 28.7 Å². The zero-order chi connectivity index (χ0) is 22.1. The van der Waals surface area contributed by atoms with Gasteiger partial charge < -0.3 is 20.1 Å². The third-order valence-corrected chi connectivity index (χ3v) is 5.16. The number of hydrogen-bond donors (Lipinski definition) is 2. The Morgan fingerprint density at radius 2 is 2.07 bits per heavy atom. The number of aryl methyl sites for hydroxylation is 1. The molecule has 0 aromatic heterocycles. The van der Waals surface area contributed by atoms with E-state index in [9.17, 15) is 14.7 Å². The van der Waals surface area contributed by atoms with E-state index in [1.165, 1.54) is 11.0 Å². The number of allylic oxidation sites excluding steroid dienone is 3. The maximum absolute atomic E-state index is 12.4. The van der Waals surface area contributed by atoms with Crippen molar-refractivity contribution in [2.24, 2.45) is 0 Å². The minimum atomic E-state index is -0.590. The summed E-state index contributed by atoms with van der Waals surface area (Å²) in [5.41, 5.74) is 1.06. The molecule has 1 aromatic carbocycles. The summed E-state index contributed by atoms with van der Waals surface area (Å²) in [6, 6.07) is 5.40. The lowest BCUT2D eigenvalue weighted by Crippen LogP contribution is -2.32. The highest BCUT2D eigenvalue weighted by Gasteiger charge is 2.33. The number of carbonyl (C=O) groups is 2. The Hall–Kier alpha value is -2.70. The number of carbonyl (C=O) groups excluding carboxylic acids is 2. The maximum atomic E-state index is 12.4. The van der Waals surface area contributed by atoms with E-state index in [1.807, 2.05) is 6.07 Å². The Balaban J connectivity index is 1.79. The van der Waals surface area contributed by atoms with E-state index in [0.29, 0.717) is 35.2 Å². The topological polar surface area (TPSA) is 78.9 Å². The zero-order valence-corrected chi connectivity index (χ0v) is 18.0. The monoisotopic (exact) mass is 450 g/mol. The van der Waals surface area contributed by atoms with E-state index >= 15 is 0 Å². The predicted octanol–water partition coefficient (Wildman–Crippen LogP) is 3.97. The van der Waals surface area contributed by atoms with Gasteiger partial charge >= 0.3 is 0 Å². The van der Waals surface area contributed by atoms with Crippen LogP contribution in [0.15, 0.2) is 66.7 Å². The molecule has 6 nitrogen and oxygen atoms in total. The smallest absolute Gasteiger partial charge is 0.289 e. The zero-order valence-electron chi connectivity index (χ0n) is 16.5. The number of benzene rings is 1. The maximum Gasteiger partial charge on any atom is 0.289 e. The number of nitrogens with one attached hydrogen (secondary N) is 1. The van der Waals surface area contributed by atoms with Crippen LogP contribution in [0.5, 0.6) is 0 Å². The number of ether oxygens (including phenoxy) is 1. The summed E-state index contributed by atoms with van der Waals surface area (Å²) in [4.78, 5) is 25.9. The molecule has 2 rings (SSSR count). The molecule has 8 heteroatoms. The minimum Gasteiger partial charge on any atom is -0.503 e. The molecule has 1 aliphatic heterocycles. The van der Waals surface area contributed by atoms with Crippen molar-refractivity contribution in [1.29, 1.82) is 0 Å². The van der Waals surface area contributed by atoms with Crippen molar-refractivity contribution in [2.75, 3.05) is 26.2 Å². The summed E-state index contributed by atoms with van der Waals surface area (Å²) in [6.45, 7) is 8.04. The highest BCUT2D eigenvalue weighted by Crippen LogP contribution is 2.23. The lowest BCUT2D eigenvalue weighted by molar-refractivity contribution is -0.128. The van der Waals surface area contributed by atoms with Crippen molar-refractivity contribution in [3.05, 3.63) is 82.3 Å². The molecule has 1 aliphatic rings. The van der Waals surface area contributed by atoms with Crippen LogP contribution in [0.1, 0.15) is 12.0 Å². The molecule has 0 radical (unpaired) electrons. The van der Waals surface area contributed by atoms with Gasteiger partial charge in [0.2, 0.25) is 0 Å². The molecule has 2 N–H and O–H groups in total. The normalized spacial score (nSPS) is 14.1. The summed E-state index contributed by atoms with van der Waals surface area (Å²) in [5.74, 6) is -1.06. The van der Waals surface area contributed by atoms with Crippen LogP contribution in [0.3, 0.4) is 0 Å². The molecule has 1 aromatic rings. The van der Waals surface area contributed by atoms with E-state index < -0.39 is 17.6 Å². The highest BCUT2D eigenvalue weighted by molar-refractivity contribution is 6.42.